The van der Waals surface area contributed by atoms with Crippen molar-refractivity contribution in [1.29, 1.82) is 0 Å². The van der Waals surface area contributed by atoms with Crippen LogP contribution in [-0.2, 0) is 33.3 Å². The van der Waals surface area contributed by atoms with Gasteiger partial charge in [-0.3, -0.25) is 0 Å². The predicted molar refractivity (Wildman–Crippen MR) is 141 cm³/mol. The highest BCUT2D eigenvalue weighted by Crippen LogP contribution is 2.38. The Balaban J connectivity index is 1.91. The number of hydrogen-bond acceptors (Lipinski definition) is 13. The number of aliphatic carboxylic acids is 1. The Hall–Kier alpha value is -2.40. The van der Waals surface area contributed by atoms with Crippen LogP contribution >= 0.6 is 0 Å². The molecule has 0 radical (unpaired) electrons. The van der Waals surface area contributed by atoms with Crippen molar-refractivity contribution < 1.29 is 68.8 Å². The number of likely N-dealkylation sites (tertiary alicyclic amines) is 1. The summed E-state index contributed by atoms with van der Waals surface area (Å²) < 4.78 is 28.0. The number of nitrogens with one attached hydrogen (secondary N) is 1. The van der Waals surface area contributed by atoms with Crippen LogP contribution in [0.2, 0.25) is 0 Å². The van der Waals surface area contributed by atoms with Crippen molar-refractivity contribution in [2.45, 2.75) is 63.1 Å². The number of hydrogen-bond donors (Lipinski definition) is 6. The van der Waals surface area contributed by atoms with Crippen LogP contribution < -0.4 is 10.0 Å². The first kappa shape index (κ1) is 34.1. The van der Waals surface area contributed by atoms with Crippen molar-refractivity contribution >= 4 is 11.9 Å². The second kappa shape index (κ2) is 14.9. The van der Waals surface area contributed by atoms with Crippen LogP contribution in [0.15, 0.2) is 36.6 Å². The Labute approximate surface area is 244 Å². The van der Waals surface area contributed by atoms with Crippen LogP contribution in [0.25, 0.3) is 0 Å². The Morgan fingerprint density at radius 3 is 2.52 bits per heavy atom. The number of carboxylic acids is 1. The molecule has 0 saturated carbocycles. The number of carbonyl (C=O) groups excluding carboxylic acids is 2. The molecule has 10 atom stereocenters. The number of aliphatic hydroxyl groups excluding tert-OH is 3. The van der Waals surface area contributed by atoms with E-state index < -0.39 is 79.1 Å². The van der Waals surface area contributed by atoms with Crippen molar-refractivity contribution in [3.05, 3.63) is 36.6 Å². The number of allylic oxidation sites excluding steroid dienone is 1. The summed E-state index contributed by atoms with van der Waals surface area (Å²) in [5, 5.41) is 62.5. The van der Waals surface area contributed by atoms with Gasteiger partial charge in [-0.05, 0) is 20.3 Å². The zero-order valence-corrected chi connectivity index (χ0v) is 24.0. The number of ether oxygens (including phenoxy) is 5. The summed E-state index contributed by atoms with van der Waals surface area (Å²) >= 11 is 0. The minimum Gasteiger partial charge on any atom is -0.550 e. The summed E-state index contributed by atoms with van der Waals surface area (Å²) in [4.78, 5) is 25.2. The molecule has 0 aromatic carbocycles. The van der Waals surface area contributed by atoms with Gasteiger partial charge in [-0.15, -0.1) is 6.58 Å². The molecule has 14 heteroatoms. The van der Waals surface area contributed by atoms with Gasteiger partial charge in [-0.25, -0.2) is 4.79 Å². The fourth-order valence-electron chi connectivity index (χ4n) is 5.70. The smallest absolute Gasteiger partial charge is 0.337 e. The Morgan fingerprint density at radius 1 is 1.24 bits per heavy atom. The van der Waals surface area contributed by atoms with Gasteiger partial charge in [0.2, 0.25) is 12.1 Å². The molecule has 0 aromatic heterocycles. The quantitative estimate of drug-likeness (QED) is 0.0722. The molecule has 14 nitrogen and oxygen atoms in total. The predicted octanol–water partition coefficient (Wildman–Crippen LogP) is -3.79. The molecule has 238 valence electrons. The third-order valence-electron chi connectivity index (χ3n) is 7.80. The lowest BCUT2D eigenvalue weighted by molar-refractivity contribution is -0.911. The first-order valence-corrected chi connectivity index (χ1v) is 14.0. The number of methoxy groups -OCH3 is 1. The molecule has 3 rings (SSSR count). The maximum absolute atomic E-state index is 12.7. The molecular weight excluding hydrogens is 558 g/mol. The highest BCUT2D eigenvalue weighted by molar-refractivity contribution is 5.89. The summed E-state index contributed by atoms with van der Waals surface area (Å²) in [6.07, 6.45) is -1.76. The number of esters is 1. The third kappa shape index (κ3) is 7.75. The van der Waals surface area contributed by atoms with E-state index in [9.17, 15) is 40.2 Å². The molecule has 42 heavy (non-hydrogen) atoms. The van der Waals surface area contributed by atoms with Crippen LogP contribution in [0, 0.1) is 23.7 Å². The SMILES string of the molecule is C=C[C@H]1[C@@H](O[C@@H]2O[C@H](CO)[C@@H](O)C(O)(O)[C@@H]2OC(C)C)OC=C(C(=O)OC)[C@H]1C=CC1CC(C(=O)[O-])C[NH+](CCO)C1. The van der Waals surface area contributed by atoms with E-state index >= 15 is 0 Å². The zero-order valence-electron chi connectivity index (χ0n) is 24.0. The van der Waals surface area contributed by atoms with Crippen molar-refractivity contribution in [1.82, 2.24) is 0 Å². The summed E-state index contributed by atoms with van der Waals surface area (Å²) in [5.41, 5.74) is 0.132. The van der Waals surface area contributed by atoms with Gasteiger partial charge in [0.15, 0.2) is 12.4 Å². The molecular formula is C28H43NO13. The lowest BCUT2D eigenvalue weighted by atomic mass is 9.81. The Kier molecular flexibility index (Phi) is 12.1. The summed E-state index contributed by atoms with van der Waals surface area (Å²) in [6.45, 7) is 7.55. The summed E-state index contributed by atoms with van der Waals surface area (Å²) in [7, 11) is 1.21. The molecule has 6 N–H and O–H groups in total. The second-order valence-corrected chi connectivity index (χ2v) is 11.1. The lowest BCUT2D eigenvalue weighted by Gasteiger charge is -2.48. The highest BCUT2D eigenvalue weighted by atomic mass is 16.8. The Morgan fingerprint density at radius 2 is 1.95 bits per heavy atom. The van der Waals surface area contributed by atoms with Crippen molar-refractivity contribution in [3.8, 4) is 0 Å². The minimum absolute atomic E-state index is 0.0971. The van der Waals surface area contributed by atoms with Crippen molar-refractivity contribution in [2.75, 3.05) is 40.0 Å². The third-order valence-corrected chi connectivity index (χ3v) is 7.80. The fraction of sp³-hybridized carbons (Fsp3) is 0.714. The minimum atomic E-state index is -2.86. The van der Waals surface area contributed by atoms with Gasteiger partial charge in [-0.2, -0.15) is 0 Å². The van der Waals surface area contributed by atoms with Gasteiger partial charge in [0.05, 0.1) is 63.2 Å². The standard InChI is InChI=1S/C28H43NO13/c1-5-18-19(7-6-16-10-17(24(33)34)12-29(11-16)8-9-30)20(25(35)38-4)14-39-26(18)42-27-23(40-15(2)3)28(36,37)22(32)21(13-31)41-27/h5-7,14-19,21-23,26-27,30-32,36-37H,1,8-13H2,2-4H3,(H,33,34)/t16?,17?,18-,19+,21-,22-,23-,26-,27+/m1/s1. The maximum Gasteiger partial charge on any atom is 0.337 e. The largest absolute Gasteiger partial charge is 0.550 e. The van der Waals surface area contributed by atoms with Gasteiger partial charge in [0.1, 0.15) is 18.8 Å². The first-order valence-electron chi connectivity index (χ1n) is 14.0. The van der Waals surface area contributed by atoms with Gasteiger partial charge in [0.25, 0.3) is 0 Å². The van der Waals surface area contributed by atoms with Crippen LogP contribution in [0.4, 0.5) is 0 Å². The number of carboxylic acid groups (broad SMARTS) is 1. The lowest BCUT2D eigenvalue weighted by Crippen LogP contribution is -3.15. The van der Waals surface area contributed by atoms with Gasteiger partial charge in [0, 0.05) is 17.8 Å². The molecule has 0 amide bonds. The average molecular weight is 602 g/mol. The molecule has 0 bridgehead atoms. The molecule has 3 heterocycles. The Bertz CT molecular complexity index is 998. The van der Waals surface area contributed by atoms with E-state index in [1.807, 2.05) is 0 Å². The van der Waals surface area contributed by atoms with E-state index in [0.29, 0.717) is 26.1 Å². The summed E-state index contributed by atoms with van der Waals surface area (Å²) in [5.74, 6) is -7.11. The molecule has 3 aliphatic rings. The monoisotopic (exact) mass is 601 g/mol. The number of piperidine rings is 1. The van der Waals surface area contributed by atoms with E-state index in [4.69, 9.17) is 23.7 Å². The normalized spacial score (nSPS) is 36.7. The van der Waals surface area contributed by atoms with Crippen LogP contribution in [0.3, 0.4) is 0 Å². The van der Waals surface area contributed by atoms with Crippen LogP contribution in [-0.4, -0.2) is 120 Å². The van der Waals surface area contributed by atoms with Crippen LogP contribution in [0.5, 0.6) is 0 Å². The van der Waals surface area contributed by atoms with Crippen molar-refractivity contribution in [2.24, 2.45) is 23.7 Å². The van der Waals surface area contributed by atoms with Crippen molar-refractivity contribution in [3.63, 3.8) is 0 Å². The molecule has 2 fully saturated rings. The zero-order chi connectivity index (χ0) is 31.2. The van der Waals surface area contributed by atoms with Gasteiger partial charge >= 0.3 is 5.97 Å². The molecule has 0 aliphatic carbocycles. The number of rotatable bonds is 12. The number of quaternary nitrogens is 1. The molecule has 0 spiro atoms. The number of carbonyl (C=O) groups is 2. The van der Waals surface area contributed by atoms with E-state index in [2.05, 4.69) is 6.58 Å². The average Bonchev–Trinajstić information content (AvgIpc) is 2.95. The maximum atomic E-state index is 12.7. The second-order valence-electron chi connectivity index (χ2n) is 11.1. The van der Waals surface area contributed by atoms with E-state index in [0.717, 1.165) is 11.2 Å². The van der Waals surface area contributed by atoms with E-state index in [-0.39, 0.29) is 18.1 Å². The molecule has 2 saturated heterocycles. The molecule has 3 unspecified atom stereocenters. The molecule has 3 aliphatic heterocycles. The number of aliphatic hydroxyl groups is 5. The van der Waals surface area contributed by atoms with Gasteiger partial charge in [-0.1, -0.05) is 18.2 Å². The van der Waals surface area contributed by atoms with E-state index in [1.54, 1.807) is 26.0 Å². The highest BCUT2D eigenvalue weighted by Gasteiger charge is 2.57. The van der Waals surface area contributed by atoms with E-state index in [1.165, 1.54) is 13.2 Å². The topological polar surface area (TPSA) is 209 Å². The molecule has 0 aromatic rings. The van der Waals surface area contributed by atoms with Crippen LogP contribution in [0.1, 0.15) is 20.3 Å². The summed E-state index contributed by atoms with van der Waals surface area (Å²) in [6, 6.07) is 0. The van der Waals surface area contributed by atoms with Gasteiger partial charge < -0.3 is 64.0 Å². The fourth-order valence-corrected chi connectivity index (χ4v) is 5.70. The first-order chi connectivity index (χ1) is 19.9.